The number of aliphatic imine (C=N–C) groups is 1. The predicted molar refractivity (Wildman–Crippen MR) is 143 cm³/mol. The van der Waals surface area contributed by atoms with Crippen molar-refractivity contribution in [2.75, 3.05) is 46.9 Å². The van der Waals surface area contributed by atoms with Crippen LogP contribution in [-0.2, 0) is 6.54 Å². The summed E-state index contributed by atoms with van der Waals surface area (Å²) in [5.74, 6) is 3.33. The lowest BCUT2D eigenvalue weighted by Gasteiger charge is -2.33. The maximum absolute atomic E-state index is 5.26. The molecular formula is C26H37IN4O. The molecule has 2 fully saturated rings. The first-order valence-corrected chi connectivity index (χ1v) is 11.6. The Hall–Kier alpha value is -1.80. The van der Waals surface area contributed by atoms with Gasteiger partial charge >= 0.3 is 0 Å². The van der Waals surface area contributed by atoms with Gasteiger partial charge in [0.15, 0.2) is 5.96 Å². The maximum atomic E-state index is 5.26. The number of methoxy groups -OCH3 is 1. The van der Waals surface area contributed by atoms with Gasteiger partial charge in [-0.05, 0) is 61.5 Å². The third-order valence-electron chi connectivity index (χ3n) is 6.79. The molecule has 1 unspecified atom stereocenters. The lowest BCUT2D eigenvalue weighted by molar-refractivity contribution is 0.177. The van der Waals surface area contributed by atoms with Crippen LogP contribution in [0.3, 0.4) is 0 Å². The summed E-state index contributed by atoms with van der Waals surface area (Å²) < 4.78 is 5.26. The second kappa shape index (κ2) is 12.4. The summed E-state index contributed by atoms with van der Waals surface area (Å²) in [4.78, 5) is 9.57. The van der Waals surface area contributed by atoms with Gasteiger partial charge in [-0.15, -0.1) is 24.0 Å². The Morgan fingerprint density at radius 2 is 1.72 bits per heavy atom. The number of ether oxygens (including phenoxy) is 1. The largest absolute Gasteiger partial charge is 0.497 e. The van der Waals surface area contributed by atoms with E-state index in [4.69, 9.17) is 4.74 Å². The number of hydrogen-bond donors (Lipinski definition) is 1. The van der Waals surface area contributed by atoms with E-state index in [0.717, 1.165) is 56.9 Å². The summed E-state index contributed by atoms with van der Waals surface area (Å²) >= 11 is 0. The van der Waals surface area contributed by atoms with E-state index in [1.165, 1.54) is 30.4 Å². The van der Waals surface area contributed by atoms with Crippen LogP contribution >= 0.6 is 24.0 Å². The van der Waals surface area contributed by atoms with E-state index >= 15 is 0 Å². The van der Waals surface area contributed by atoms with E-state index in [-0.39, 0.29) is 24.0 Å². The van der Waals surface area contributed by atoms with Crippen molar-refractivity contribution in [1.29, 1.82) is 0 Å². The minimum Gasteiger partial charge on any atom is -0.497 e. The minimum absolute atomic E-state index is 0. The zero-order valence-electron chi connectivity index (χ0n) is 19.4. The molecule has 0 aromatic heterocycles. The Kier molecular flexibility index (Phi) is 9.66. The van der Waals surface area contributed by atoms with Crippen LogP contribution in [0, 0.1) is 5.92 Å². The zero-order chi connectivity index (χ0) is 21.5. The molecule has 2 aromatic rings. The van der Waals surface area contributed by atoms with Gasteiger partial charge in [-0.3, -0.25) is 9.89 Å². The molecule has 0 bridgehead atoms. The van der Waals surface area contributed by atoms with E-state index in [9.17, 15) is 0 Å². The van der Waals surface area contributed by atoms with Crippen molar-refractivity contribution < 1.29 is 4.74 Å². The summed E-state index contributed by atoms with van der Waals surface area (Å²) in [5, 5.41) is 3.67. The Bertz CT molecular complexity index is 835. The monoisotopic (exact) mass is 548 g/mol. The van der Waals surface area contributed by atoms with Crippen LogP contribution in [0.15, 0.2) is 59.6 Å². The maximum Gasteiger partial charge on any atom is 0.193 e. The molecule has 4 rings (SSSR count). The van der Waals surface area contributed by atoms with E-state index in [0.29, 0.717) is 5.92 Å². The molecule has 0 saturated carbocycles. The quantitative estimate of drug-likeness (QED) is 0.326. The standard InChI is InChI=1S/C26H36N4O.HI/c1-27-26(30-17-14-24(20-30)23-6-4-3-5-7-23)28-18-21-12-15-29(16-13-21)19-22-8-10-25(31-2)11-9-22;/h3-11,21,24H,12-20H2,1-2H3,(H,27,28);1H. The molecule has 1 N–H and O–H groups in total. The van der Waals surface area contributed by atoms with Crippen molar-refractivity contribution in [3.8, 4) is 5.75 Å². The average Bonchev–Trinajstić information content (AvgIpc) is 3.32. The number of benzene rings is 2. The van der Waals surface area contributed by atoms with Crippen LogP contribution in [0.1, 0.15) is 36.3 Å². The number of rotatable bonds is 6. The van der Waals surface area contributed by atoms with Gasteiger partial charge in [-0.1, -0.05) is 42.5 Å². The van der Waals surface area contributed by atoms with E-state index in [1.54, 1.807) is 7.11 Å². The fraction of sp³-hybridized carbons (Fsp3) is 0.500. The first-order chi connectivity index (χ1) is 15.2. The lowest BCUT2D eigenvalue weighted by Crippen LogP contribution is -2.44. The summed E-state index contributed by atoms with van der Waals surface area (Å²) in [6.45, 7) is 6.52. The fourth-order valence-corrected chi connectivity index (χ4v) is 4.86. The van der Waals surface area contributed by atoms with Crippen LogP contribution in [0.25, 0.3) is 0 Å². The lowest BCUT2D eigenvalue weighted by atomic mass is 9.96. The van der Waals surface area contributed by atoms with Crippen LogP contribution in [0.2, 0.25) is 0 Å². The van der Waals surface area contributed by atoms with Crippen molar-refractivity contribution in [3.63, 3.8) is 0 Å². The molecule has 0 spiro atoms. The molecule has 1 atom stereocenters. The molecule has 0 amide bonds. The predicted octanol–water partition coefficient (Wildman–Crippen LogP) is 4.59. The minimum atomic E-state index is 0. The van der Waals surface area contributed by atoms with Crippen molar-refractivity contribution in [3.05, 3.63) is 65.7 Å². The second-order valence-electron chi connectivity index (χ2n) is 8.84. The van der Waals surface area contributed by atoms with Crippen LogP contribution in [-0.4, -0.2) is 62.6 Å². The number of nitrogens with one attached hydrogen (secondary N) is 1. The highest BCUT2D eigenvalue weighted by atomic mass is 127. The molecule has 2 aliphatic heterocycles. The molecule has 32 heavy (non-hydrogen) atoms. The van der Waals surface area contributed by atoms with E-state index in [1.807, 2.05) is 7.05 Å². The van der Waals surface area contributed by atoms with Gasteiger partial charge in [0.1, 0.15) is 5.75 Å². The number of hydrogen-bond acceptors (Lipinski definition) is 3. The number of nitrogens with zero attached hydrogens (tertiary/aromatic N) is 3. The molecule has 6 heteroatoms. The van der Waals surface area contributed by atoms with Gasteiger partial charge in [0.25, 0.3) is 0 Å². The van der Waals surface area contributed by atoms with Gasteiger partial charge in [0.2, 0.25) is 0 Å². The Morgan fingerprint density at radius 1 is 1.00 bits per heavy atom. The van der Waals surface area contributed by atoms with Crippen molar-refractivity contribution in [2.45, 2.75) is 31.7 Å². The number of halogens is 1. The Balaban J connectivity index is 0.00000289. The molecule has 2 saturated heterocycles. The topological polar surface area (TPSA) is 40.1 Å². The van der Waals surface area contributed by atoms with Gasteiger partial charge in [-0.25, -0.2) is 0 Å². The molecule has 2 aromatic carbocycles. The third-order valence-corrected chi connectivity index (χ3v) is 6.79. The SMILES string of the molecule is CN=C(NCC1CCN(Cc2ccc(OC)cc2)CC1)N1CCC(c2ccccc2)C1.I. The van der Waals surface area contributed by atoms with Crippen LogP contribution in [0.5, 0.6) is 5.75 Å². The third kappa shape index (κ3) is 6.61. The summed E-state index contributed by atoms with van der Waals surface area (Å²) in [7, 11) is 3.63. The van der Waals surface area contributed by atoms with E-state index in [2.05, 4.69) is 74.7 Å². The molecule has 0 radical (unpaired) electrons. The molecule has 0 aliphatic carbocycles. The first kappa shape index (κ1) is 24.8. The van der Waals surface area contributed by atoms with Crippen LogP contribution in [0.4, 0.5) is 0 Å². The molecule has 174 valence electrons. The normalized spacial score (nSPS) is 20.1. The molecular weight excluding hydrogens is 511 g/mol. The summed E-state index contributed by atoms with van der Waals surface area (Å²) in [5.41, 5.74) is 2.81. The van der Waals surface area contributed by atoms with Crippen LogP contribution < -0.4 is 10.1 Å². The fourth-order valence-electron chi connectivity index (χ4n) is 4.86. The average molecular weight is 549 g/mol. The smallest absolute Gasteiger partial charge is 0.193 e. The molecule has 2 aliphatic rings. The number of likely N-dealkylation sites (tertiary alicyclic amines) is 2. The molecule has 2 heterocycles. The van der Waals surface area contributed by atoms with Gasteiger partial charge in [0, 0.05) is 39.1 Å². The number of piperidine rings is 1. The highest BCUT2D eigenvalue weighted by molar-refractivity contribution is 14.0. The molecule has 5 nitrogen and oxygen atoms in total. The summed E-state index contributed by atoms with van der Waals surface area (Å²) in [6, 6.07) is 19.4. The summed E-state index contributed by atoms with van der Waals surface area (Å²) in [6.07, 6.45) is 3.69. The second-order valence-corrected chi connectivity index (χ2v) is 8.84. The van der Waals surface area contributed by atoms with Gasteiger partial charge < -0.3 is 15.0 Å². The van der Waals surface area contributed by atoms with Crippen molar-refractivity contribution in [1.82, 2.24) is 15.1 Å². The van der Waals surface area contributed by atoms with Gasteiger partial charge in [-0.2, -0.15) is 0 Å². The first-order valence-electron chi connectivity index (χ1n) is 11.6. The van der Waals surface area contributed by atoms with Crippen molar-refractivity contribution >= 4 is 29.9 Å². The highest BCUT2D eigenvalue weighted by Crippen LogP contribution is 2.27. The zero-order valence-corrected chi connectivity index (χ0v) is 21.7. The van der Waals surface area contributed by atoms with Gasteiger partial charge in [0.05, 0.1) is 7.11 Å². The Labute approximate surface area is 210 Å². The van der Waals surface area contributed by atoms with E-state index < -0.39 is 0 Å². The Morgan fingerprint density at radius 3 is 2.38 bits per heavy atom. The number of guanidine groups is 1. The van der Waals surface area contributed by atoms with Crippen molar-refractivity contribution in [2.24, 2.45) is 10.9 Å². The highest BCUT2D eigenvalue weighted by Gasteiger charge is 2.26.